The maximum absolute atomic E-state index is 8.43. The summed E-state index contributed by atoms with van der Waals surface area (Å²) >= 11 is 0. The van der Waals surface area contributed by atoms with E-state index in [1.54, 1.807) is 0 Å². The van der Waals surface area contributed by atoms with Gasteiger partial charge in [0.2, 0.25) is 0 Å². The highest BCUT2D eigenvalue weighted by Crippen LogP contribution is 2.07. The zero-order chi connectivity index (χ0) is 9.52. The first kappa shape index (κ1) is 10.5. The number of likely N-dealkylation sites (N-methyl/N-ethyl adjacent to an activating group) is 1. The van der Waals surface area contributed by atoms with Crippen LogP contribution in [0.15, 0.2) is 0 Å². The Bertz CT molecular complexity index is 167. The second-order valence-corrected chi connectivity index (χ2v) is 3.82. The first-order valence-corrected chi connectivity index (χ1v) is 5.12. The Morgan fingerprint density at radius 3 is 3.00 bits per heavy atom. The van der Waals surface area contributed by atoms with Gasteiger partial charge in [0.25, 0.3) is 0 Å². The van der Waals surface area contributed by atoms with Gasteiger partial charge in [-0.05, 0) is 26.4 Å². The highest BCUT2D eigenvalue weighted by Gasteiger charge is 2.13. The lowest BCUT2D eigenvalue weighted by atomic mass is 10.0. The first-order chi connectivity index (χ1) is 6.33. The normalized spacial score (nSPS) is 23.0. The molecule has 0 amide bonds. The molecule has 13 heavy (non-hydrogen) atoms. The summed E-state index contributed by atoms with van der Waals surface area (Å²) in [7, 11) is 2.09. The number of hydrogen-bond acceptors (Lipinski definition) is 3. The summed E-state index contributed by atoms with van der Waals surface area (Å²) in [6.07, 6.45) is 4.60. The molecule has 1 saturated heterocycles. The Balaban J connectivity index is 2.11. The van der Waals surface area contributed by atoms with Crippen LogP contribution in [0.2, 0.25) is 0 Å². The van der Waals surface area contributed by atoms with E-state index in [0.29, 0.717) is 12.5 Å². The summed E-state index contributed by atoms with van der Waals surface area (Å²) in [5.41, 5.74) is 0. The average molecular weight is 181 g/mol. The van der Waals surface area contributed by atoms with Gasteiger partial charge >= 0.3 is 0 Å². The van der Waals surface area contributed by atoms with Crippen molar-refractivity contribution in [2.24, 2.45) is 0 Å². The molecule has 3 nitrogen and oxygen atoms in total. The average Bonchev–Trinajstić information content (AvgIpc) is 2.16. The predicted molar refractivity (Wildman–Crippen MR) is 53.4 cm³/mol. The quantitative estimate of drug-likeness (QED) is 0.702. The molecule has 0 spiro atoms. The summed E-state index contributed by atoms with van der Waals surface area (Å²) in [5.74, 6) is 0. The molecule has 1 heterocycles. The van der Waals surface area contributed by atoms with Crippen LogP contribution in [0.3, 0.4) is 0 Å². The van der Waals surface area contributed by atoms with Crippen molar-refractivity contribution in [1.29, 1.82) is 5.26 Å². The third kappa shape index (κ3) is 4.25. The number of nitrogens with one attached hydrogen (secondary N) is 1. The van der Waals surface area contributed by atoms with Crippen LogP contribution in [0.1, 0.15) is 25.7 Å². The Morgan fingerprint density at radius 1 is 1.54 bits per heavy atom. The highest BCUT2D eigenvalue weighted by molar-refractivity contribution is 4.77. The van der Waals surface area contributed by atoms with E-state index in [-0.39, 0.29) is 0 Å². The molecule has 1 rings (SSSR count). The van der Waals surface area contributed by atoms with Crippen LogP contribution in [-0.4, -0.2) is 37.6 Å². The monoisotopic (exact) mass is 181 g/mol. The van der Waals surface area contributed by atoms with Gasteiger partial charge in [-0.15, -0.1) is 0 Å². The lowest BCUT2D eigenvalue weighted by Gasteiger charge is -2.27. The number of hydrogen-bond donors (Lipinski definition) is 1. The van der Waals surface area contributed by atoms with Crippen molar-refractivity contribution >= 4 is 0 Å². The van der Waals surface area contributed by atoms with Gasteiger partial charge in [-0.2, -0.15) is 5.26 Å². The van der Waals surface area contributed by atoms with Crippen LogP contribution < -0.4 is 5.32 Å². The lowest BCUT2D eigenvalue weighted by molar-refractivity contribution is 0.266. The molecule has 1 fully saturated rings. The minimum absolute atomic E-state index is 0.642. The Morgan fingerprint density at radius 2 is 2.38 bits per heavy atom. The molecule has 1 aliphatic heterocycles. The van der Waals surface area contributed by atoms with E-state index in [1.165, 1.54) is 19.3 Å². The van der Waals surface area contributed by atoms with Crippen molar-refractivity contribution in [1.82, 2.24) is 10.2 Å². The van der Waals surface area contributed by atoms with Gasteiger partial charge in [-0.3, -0.25) is 0 Å². The molecular weight excluding hydrogens is 162 g/mol. The summed E-state index contributed by atoms with van der Waals surface area (Å²) in [4.78, 5) is 2.24. The molecule has 1 aliphatic rings. The molecule has 0 bridgehead atoms. The number of nitriles is 1. The van der Waals surface area contributed by atoms with E-state index in [2.05, 4.69) is 23.3 Å². The smallest absolute Gasteiger partial charge is 0.0635 e. The van der Waals surface area contributed by atoms with Crippen LogP contribution in [0, 0.1) is 11.3 Å². The second-order valence-electron chi connectivity index (χ2n) is 3.82. The maximum Gasteiger partial charge on any atom is 0.0635 e. The van der Waals surface area contributed by atoms with Crippen molar-refractivity contribution < 1.29 is 0 Å². The first-order valence-electron chi connectivity index (χ1n) is 5.12. The number of rotatable bonds is 4. The SMILES string of the molecule is CN(CCC#N)CC1CCCCN1. The summed E-state index contributed by atoms with van der Waals surface area (Å²) in [6.45, 7) is 3.15. The molecule has 0 saturated carbocycles. The molecule has 0 aromatic heterocycles. The Hall–Kier alpha value is -0.590. The van der Waals surface area contributed by atoms with Gasteiger partial charge in [0, 0.05) is 25.6 Å². The number of piperidine rings is 1. The standard InChI is InChI=1S/C10H19N3/c1-13(8-4-6-11)9-10-5-2-3-7-12-10/h10,12H,2-5,7-9H2,1H3. The van der Waals surface area contributed by atoms with Crippen molar-refractivity contribution in [2.75, 3.05) is 26.7 Å². The van der Waals surface area contributed by atoms with E-state index >= 15 is 0 Å². The zero-order valence-electron chi connectivity index (χ0n) is 8.42. The summed E-state index contributed by atoms with van der Waals surface area (Å²) < 4.78 is 0. The van der Waals surface area contributed by atoms with Crippen molar-refractivity contribution in [2.45, 2.75) is 31.7 Å². The molecule has 1 unspecified atom stereocenters. The van der Waals surface area contributed by atoms with Crippen molar-refractivity contribution in [3.8, 4) is 6.07 Å². The molecule has 0 radical (unpaired) electrons. The fourth-order valence-electron chi connectivity index (χ4n) is 1.79. The van der Waals surface area contributed by atoms with Gasteiger partial charge in [0.1, 0.15) is 0 Å². The van der Waals surface area contributed by atoms with Gasteiger partial charge in [-0.25, -0.2) is 0 Å². The molecule has 74 valence electrons. The predicted octanol–water partition coefficient (Wildman–Crippen LogP) is 0.974. The fourth-order valence-corrected chi connectivity index (χ4v) is 1.79. The minimum atomic E-state index is 0.642. The molecule has 0 aromatic rings. The van der Waals surface area contributed by atoms with Crippen LogP contribution in [0.25, 0.3) is 0 Å². The topological polar surface area (TPSA) is 39.1 Å². The van der Waals surface area contributed by atoms with Crippen LogP contribution >= 0.6 is 0 Å². The highest BCUT2D eigenvalue weighted by atomic mass is 15.1. The fraction of sp³-hybridized carbons (Fsp3) is 0.900. The third-order valence-corrected chi connectivity index (χ3v) is 2.55. The molecular formula is C10H19N3. The van der Waals surface area contributed by atoms with Gasteiger partial charge in [-0.1, -0.05) is 6.42 Å². The summed E-state index contributed by atoms with van der Waals surface area (Å²) in [5, 5.41) is 11.9. The van der Waals surface area contributed by atoms with E-state index in [9.17, 15) is 0 Å². The largest absolute Gasteiger partial charge is 0.313 e. The molecule has 0 aliphatic carbocycles. The van der Waals surface area contributed by atoms with Crippen LogP contribution in [-0.2, 0) is 0 Å². The van der Waals surface area contributed by atoms with Gasteiger partial charge in [0.15, 0.2) is 0 Å². The van der Waals surface area contributed by atoms with Crippen LogP contribution in [0.4, 0.5) is 0 Å². The van der Waals surface area contributed by atoms with Gasteiger partial charge < -0.3 is 10.2 Å². The molecule has 0 aromatic carbocycles. The summed E-state index contributed by atoms with van der Waals surface area (Å²) in [6, 6.07) is 2.82. The minimum Gasteiger partial charge on any atom is -0.313 e. The molecule has 1 atom stereocenters. The van der Waals surface area contributed by atoms with E-state index in [4.69, 9.17) is 5.26 Å². The lowest BCUT2D eigenvalue weighted by Crippen LogP contribution is -2.42. The number of nitrogens with zero attached hydrogens (tertiary/aromatic N) is 2. The Labute approximate surface area is 80.7 Å². The maximum atomic E-state index is 8.43. The van der Waals surface area contributed by atoms with Crippen molar-refractivity contribution in [3.05, 3.63) is 0 Å². The van der Waals surface area contributed by atoms with Crippen molar-refractivity contribution in [3.63, 3.8) is 0 Å². The van der Waals surface area contributed by atoms with Crippen LogP contribution in [0.5, 0.6) is 0 Å². The third-order valence-electron chi connectivity index (χ3n) is 2.55. The Kier molecular flexibility index (Phi) is 4.81. The molecule has 3 heteroatoms. The second kappa shape index (κ2) is 5.95. The van der Waals surface area contributed by atoms with E-state index in [0.717, 1.165) is 19.6 Å². The zero-order valence-corrected chi connectivity index (χ0v) is 8.42. The van der Waals surface area contributed by atoms with E-state index in [1.807, 2.05) is 0 Å². The van der Waals surface area contributed by atoms with E-state index < -0.39 is 0 Å². The van der Waals surface area contributed by atoms with Gasteiger partial charge in [0.05, 0.1) is 6.07 Å². The molecule has 1 N–H and O–H groups in total.